The van der Waals surface area contributed by atoms with Gasteiger partial charge in [-0.25, -0.2) is 8.78 Å². The highest BCUT2D eigenvalue weighted by Crippen LogP contribution is 2.29. The van der Waals surface area contributed by atoms with Crippen molar-refractivity contribution < 1.29 is 47.1 Å². The zero-order valence-corrected chi connectivity index (χ0v) is 44.4. The molecule has 74 heavy (non-hydrogen) atoms. The van der Waals surface area contributed by atoms with Crippen LogP contribution in [0.2, 0.25) is 0 Å². The van der Waals surface area contributed by atoms with Gasteiger partial charge < -0.3 is 58.1 Å². The van der Waals surface area contributed by atoms with Gasteiger partial charge in [-0.1, -0.05) is 65.8 Å². The largest absolute Gasteiger partial charge is 0.399 e. The molecule has 0 aliphatic carbocycles. The number of benzene rings is 3. The molecule has 0 bridgehead atoms. The Morgan fingerprint density at radius 2 is 0.932 bits per heavy atom. The summed E-state index contributed by atoms with van der Waals surface area (Å²) in [6.45, 7) is 13.7. The molecule has 22 heteroatoms. The van der Waals surface area contributed by atoms with Gasteiger partial charge in [0.25, 0.3) is 11.8 Å². The molecule has 10 N–H and O–H groups in total. The van der Waals surface area contributed by atoms with Crippen LogP contribution in [0.25, 0.3) is 0 Å². The first-order valence-corrected chi connectivity index (χ1v) is 24.3. The van der Waals surface area contributed by atoms with E-state index in [1.165, 1.54) is 76.5 Å². The Kier molecular flexibility index (Phi) is 20.6. The normalized spacial score (nSPS) is 19.2. The lowest BCUT2D eigenvalue weighted by atomic mass is 9.85. The number of carbonyl (C=O) groups excluding carboxylic acids is 8. The van der Waals surface area contributed by atoms with Crippen molar-refractivity contribution in [2.75, 3.05) is 32.9 Å². The molecule has 2 saturated heterocycles. The van der Waals surface area contributed by atoms with Crippen LogP contribution in [0.4, 0.5) is 14.5 Å². The van der Waals surface area contributed by atoms with E-state index in [-0.39, 0.29) is 68.2 Å². The number of halogens is 3. The van der Waals surface area contributed by atoms with Gasteiger partial charge in [0.05, 0.1) is 12.1 Å². The number of nitrogens with two attached hydrogens (primary N) is 1. The summed E-state index contributed by atoms with van der Waals surface area (Å²) in [4.78, 5) is 114. The van der Waals surface area contributed by atoms with Crippen LogP contribution in [0, 0.1) is 22.5 Å². The molecule has 2 aliphatic rings. The fourth-order valence-corrected chi connectivity index (χ4v) is 8.56. The van der Waals surface area contributed by atoms with E-state index < -0.39 is 118 Å². The number of nitrogens with one attached hydrogen (secondary N) is 8. The fraction of sp³-hybridized carbons (Fsp3) is 0.500. The Labute approximate surface area is 437 Å². The van der Waals surface area contributed by atoms with E-state index in [0.29, 0.717) is 11.1 Å². The smallest absolute Gasteiger partial charge is 0.251 e. The van der Waals surface area contributed by atoms with Crippen molar-refractivity contribution in [1.29, 1.82) is 0 Å². The number of anilines is 1. The van der Waals surface area contributed by atoms with Crippen LogP contribution in [-0.2, 0) is 41.9 Å². The Bertz CT molecular complexity index is 2350. The molecule has 19 nitrogen and oxygen atoms in total. The molecule has 0 radical (unpaired) electrons. The van der Waals surface area contributed by atoms with E-state index in [1.807, 2.05) is 0 Å². The van der Waals surface area contributed by atoms with E-state index >= 15 is 0 Å². The summed E-state index contributed by atoms with van der Waals surface area (Å²) >= 11 is 0. The third kappa shape index (κ3) is 15.7. The quantitative estimate of drug-likeness (QED) is 0.0835. The maximum atomic E-state index is 14.5. The van der Waals surface area contributed by atoms with E-state index in [9.17, 15) is 47.1 Å². The average Bonchev–Trinajstić information content (AvgIpc) is 3.97. The second kappa shape index (κ2) is 25.5. The Hall–Kier alpha value is -6.71. The van der Waals surface area contributed by atoms with Crippen LogP contribution < -0.4 is 48.3 Å². The van der Waals surface area contributed by atoms with Crippen molar-refractivity contribution in [2.45, 2.75) is 130 Å². The molecule has 404 valence electrons. The van der Waals surface area contributed by atoms with Crippen molar-refractivity contribution in [1.82, 2.24) is 52.3 Å². The number of amides is 8. The molecule has 5 rings (SSSR count). The number of hydrogen-bond donors (Lipinski definition) is 9. The lowest BCUT2D eigenvalue weighted by Crippen LogP contribution is -2.59. The molecule has 2 fully saturated rings. The molecule has 0 aromatic heterocycles. The minimum atomic E-state index is -1.09. The van der Waals surface area contributed by atoms with Crippen molar-refractivity contribution in [3.63, 3.8) is 0 Å². The number of nitrogens with zero attached hydrogens (tertiary/aromatic N) is 2. The second-order valence-electron chi connectivity index (χ2n) is 21.0. The van der Waals surface area contributed by atoms with Crippen LogP contribution in [0.15, 0.2) is 66.7 Å². The number of rotatable bonds is 18. The SMILES string of the molecule is CN[C@@H](C)C(=O)N[C@H](C(=O)N1C[C@@H](NC(=O)c2cc(N)cc(C(=O)N[C@H]3C[C@@H](C(=O)NCc4ccc(F)cc4)N(C(=O)[C@@H](NC(=O)[C@H](C)NC)C(C)(C)C)C3)c2)C[C@H]1C(=O)NCc1ccc(F)cc1)C(C)(C)C.Cl. The lowest BCUT2D eigenvalue weighted by Gasteiger charge is -2.36. The standard InChI is InChI=1S/C52H71F2N11O8.ClH/c1-28(56-9)43(66)62-41(51(3,4)5)49(72)64-26-37(22-39(64)47(70)58-24-30-11-15-34(53)16-12-30)60-45(68)32-19-33(21-36(55)20-32)46(69)61-38-23-40(48(71)59-25-31-13-17-35(54)18-14-31)65(27-38)50(73)42(52(6,7)8)63-44(67)29(2)57-10;/h11-21,28-29,37-42,56-57H,22-27,55H2,1-10H3,(H,58,70)(H,59,71)(H,60,68)(H,61,69)(H,62,66)(H,63,67);1H/t28-,29-,37-,38-,39-,40-,41+,42+;/m0./s1. The van der Waals surface area contributed by atoms with Gasteiger partial charge in [-0.05, 0) is 105 Å². The number of nitrogen functional groups attached to an aromatic ring is 1. The predicted octanol–water partition coefficient (Wildman–Crippen LogP) is 2.28. The zero-order valence-electron chi connectivity index (χ0n) is 43.6. The Balaban J connectivity index is 0.0000119. The minimum Gasteiger partial charge on any atom is -0.399 e. The van der Waals surface area contributed by atoms with Gasteiger partial charge in [-0.2, -0.15) is 0 Å². The van der Waals surface area contributed by atoms with Gasteiger partial charge >= 0.3 is 0 Å². The van der Waals surface area contributed by atoms with Crippen LogP contribution in [-0.4, -0.2) is 133 Å². The minimum absolute atomic E-state index is 0. The number of likely N-dealkylation sites (tertiary alicyclic amines) is 2. The summed E-state index contributed by atoms with van der Waals surface area (Å²) < 4.78 is 27.3. The van der Waals surface area contributed by atoms with Crippen molar-refractivity contribution in [3.8, 4) is 0 Å². The first-order chi connectivity index (χ1) is 34.2. The molecular weight excluding hydrogens is 980 g/mol. The summed E-state index contributed by atoms with van der Waals surface area (Å²) in [5.74, 6) is -5.29. The molecule has 0 unspecified atom stereocenters. The monoisotopic (exact) mass is 1050 g/mol. The highest BCUT2D eigenvalue weighted by Gasteiger charge is 2.47. The van der Waals surface area contributed by atoms with Crippen LogP contribution in [0.5, 0.6) is 0 Å². The Morgan fingerprint density at radius 1 is 0.595 bits per heavy atom. The topological polar surface area (TPSA) is 265 Å². The summed E-state index contributed by atoms with van der Waals surface area (Å²) in [5.41, 5.74) is 5.89. The van der Waals surface area contributed by atoms with Gasteiger partial charge in [0.1, 0.15) is 35.8 Å². The summed E-state index contributed by atoms with van der Waals surface area (Å²) in [6.07, 6.45) is -0.0478. The molecule has 3 aromatic carbocycles. The molecule has 2 aliphatic heterocycles. The third-order valence-electron chi connectivity index (χ3n) is 13.1. The number of hydrogen-bond acceptors (Lipinski definition) is 11. The van der Waals surface area contributed by atoms with Crippen molar-refractivity contribution in [2.24, 2.45) is 10.8 Å². The molecule has 0 saturated carbocycles. The van der Waals surface area contributed by atoms with Crippen molar-refractivity contribution in [3.05, 3.63) is 101 Å². The maximum Gasteiger partial charge on any atom is 0.251 e. The third-order valence-corrected chi connectivity index (χ3v) is 13.1. The average molecular weight is 1050 g/mol. The molecule has 2 heterocycles. The molecule has 8 amide bonds. The number of likely N-dealkylation sites (N-methyl/N-ethyl adjacent to an activating group) is 2. The van der Waals surface area contributed by atoms with Gasteiger partial charge in [0.2, 0.25) is 35.4 Å². The van der Waals surface area contributed by atoms with E-state index in [1.54, 1.807) is 69.5 Å². The van der Waals surface area contributed by atoms with E-state index in [0.717, 1.165) is 0 Å². The van der Waals surface area contributed by atoms with Gasteiger partial charge in [-0.15, -0.1) is 12.4 Å². The van der Waals surface area contributed by atoms with E-state index in [2.05, 4.69) is 42.5 Å². The Morgan fingerprint density at radius 3 is 1.24 bits per heavy atom. The first kappa shape index (κ1) is 59.8. The maximum absolute atomic E-state index is 14.5. The highest BCUT2D eigenvalue weighted by atomic mass is 35.5. The molecule has 8 atom stereocenters. The molecular formula is C52H72ClF2N11O8. The predicted molar refractivity (Wildman–Crippen MR) is 277 cm³/mol. The van der Waals surface area contributed by atoms with Crippen LogP contribution in [0.1, 0.15) is 100 Å². The van der Waals surface area contributed by atoms with Crippen LogP contribution in [0.3, 0.4) is 0 Å². The van der Waals surface area contributed by atoms with Gasteiger partial charge in [-0.3, -0.25) is 38.4 Å². The highest BCUT2D eigenvalue weighted by molar-refractivity contribution is 6.02. The summed E-state index contributed by atoms with van der Waals surface area (Å²) in [5, 5.41) is 22.7. The first-order valence-electron chi connectivity index (χ1n) is 24.3. The number of carbonyl (C=O) groups is 8. The summed E-state index contributed by atoms with van der Waals surface area (Å²) in [6, 6.07) is 7.94. The van der Waals surface area contributed by atoms with E-state index in [4.69, 9.17) is 5.73 Å². The van der Waals surface area contributed by atoms with Gasteiger partial charge in [0.15, 0.2) is 0 Å². The van der Waals surface area contributed by atoms with Crippen LogP contribution >= 0.6 is 12.4 Å². The summed E-state index contributed by atoms with van der Waals surface area (Å²) in [7, 11) is 3.21. The zero-order chi connectivity index (χ0) is 54.1. The van der Waals surface area contributed by atoms with Gasteiger partial charge in [0, 0.05) is 55.1 Å². The molecule has 0 spiro atoms. The lowest BCUT2D eigenvalue weighted by molar-refractivity contribution is -0.144. The van der Waals surface area contributed by atoms with Crippen molar-refractivity contribution >= 4 is 65.4 Å². The molecule has 3 aromatic rings. The second-order valence-corrected chi connectivity index (χ2v) is 21.0. The fourth-order valence-electron chi connectivity index (χ4n) is 8.56.